The van der Waals surface area contributed by atoms with E-state index in [9.17, 15) is 13.8 Å². The molecule has 0 saturated heterocycles. The van der Waals surface area contributed by atoms with E-state index in [1.165, 1.54) is 18.4 Å². The molecule has 2 fully saturated rings. The molecule has 2 aromatic rings. The lowest BCUT2D eigenvalue weighted by molar-refractivity contribution is 0.0236. The number of benzene rings is 1. The summed E-state index contributed by atoms with van der Waals surface area (Å²) in [4.78, 5) is 4.46. The van der Waals surface area contributed by atoms with E-state index in [4.69, 9.17) is 9.41 Å². The molecule has 30 heavy (non-hydrogen) atoms. The number of halogens is 1. The standard InChI is InChI=1S/C19H23FN6O3S/c1-30(21,28)13-8-19(9-13)6-12(7-19)22-18-16(25-29-26-18)17(24-27)23-15-4-10-2-3-11(20)5-14(10)15/h2-3,5,12-13,15,21,27H,4,6-9H2,1H3,(H,22,26)(H,23,24)/t12?,13?,15-,19?,30?/m1/s1. The first-order chi connectivity index (χ1) is 14.3. The van der Waals surface area contributed by atoms with Crippen LogP contribution in [0.3, 0.4) is 0 Å². The van der Waals surface area contributed by atoms with Gasteiger partial charge in [0.05, 0.1) is 6.04 Å². The number of nitrogens with zero attached hydrogens (tertiary/aromatic N) is 3. The Morgan fingerprint density at radius 1 is 1.37 bits per heavy atom. The van der Waals surface area contributed by atoms with Crippen molar-refractivity contribution in [2.75, 3.05) is 11.6 Å². The van der Waals surface area contributed by atoms with Crippen molar-refractivity contribution < 1.29 is 18.4 Å². The molecule has 1 heterocycles. The molecule has 1 aromatic carbocycles. The van der Waals surface area contributed by atoms with E-state index < -0.39 is 9.73 Å². The van der Waals surface area contributed by atoms with Gasteiger partial charge in [-0.1, -0.05) is 6.07 Å². The average Bonchev–Trinajstić information content (AvgIpc) is 3.05. The van der Waals surface area contributed by atoms with Gasteiger partial charge in [0.2, 0.25) is 5.82 Å². The highest BCUT2D eigenvalue weighted by atomic mass is 32.2. The minimum absolute atomic E-state index is 0.00440. The lowest BCUT2D eigenvalue weighted by Gasteiger charge is -2.57. The Morgan fingerprint density at radius 3 is 2.83 bits per heavy atom. The maximum absolute atomic E-state index is 13.5. The minimum atomic E-state index is -2.47. The molecule has 9 nitrogen and oxygen atoms in total. The summed E-state index contributed by atoms with van der Waals surface area (Å²) in [6, 6.07) is 4.50. The third-order valence-electron chi connectivity index (χ3n) is 6.64. The van der Waals surface area contributed by atoms with Crippen LogP contribution < -0.4 is 10.8 Å². The second-order valence-corrected chi connectivity index (χ2v) is 11.3. The highest BCUT2D eigenvalue weighted by Gasteiger charge is 2.55. The number of hydrogen-bond acceptors (Lipinski definition) is 8. The lowest BCUT2D eigenvalue weighted by atomic mass is 9.54. The monoisotopic (exact) mass is 434 g/mol. The number of aliphatic imine (C=N–C) groups is 1. The van der Waals surface area contributed by atoms with Crippen LogP contribution in [0.1, 0.15) is 48.5 Å². The van der Waals surface area contributed by atoms with Crippen LogP contribution in [-0.4, -0.2) is 43.1 Å². The molecular weight excluding hydrogens is 411 g/mol. The highest BCUT2D eigenvalue weighted by Crippen LogP contribution is 2.58. The molecule has 0 aliphatic heterocycles. The van der Waals surface area contributed by atoms with Crippen LogP contribution in [0.4, 0.5) is 10.2 Å². The van der Waals surface area contributed by atoms with Crippen LogP contribution in [0.25, 0.3) is 0 Å². The molecule has 1 aromatic heterocycles. The van der Waals surface area contributed by atoms with Crippen molar-refractivity contribution in [1.29, 1.82) is 4.78 Å². The highest BCUT2D eigenvalue weighted by molar-refractivity contribution is 7.92. The Balaban J connectivity index is 1.25. The summed E-state index contributed by atoms with van der Waals surface area (Å²) in [6.45, 7) is 0. The van der Waals surface area contributed by atoms with E-state index >= 15 is 0 Å². The maximum Gasteiger partial charge on any atom is 0.202 e. The van der Waals surface area contributed by atoms with Crippen molar-refractivity contribution in [3.05, 3.63) is 40.8 Å². The summed E-state index contributed by atoms with van der Waals surface area (Å²) in [5.74, 6) is 0.167. The van der Waals surface area contributed by atoms with E-state index in [0.29, 0.717) is 12.2 Å². The molecule has 3 aliphatic carbocycles. The first-order valence-corrected chi connectivity index (χ1v) is 11.9. The van der Waals surface area contributed by atoms with E-state index in [2.05, 4.69) is 26.1 Å². The second-order valence-electron chi connectivity index (χ2n) is 8.80. The lowest BCUT2D eigenvalue weighted by Crippen LogP contribution is -2.56. The fourth-order valence-corrected chi connectivity index (χ4v) is 6.28. The Morgan fingerprint density at radius 2 is 2.13 bits per heavy atom. The van der Waals surface area contributed by atoms with Crippen molar-refractivity contribution in [3.63, 3.8) is 0 Å². The Labute approximate surface area is 173 Å². The predicted octanol–water partition coefficient (Wildman–Crippen LogP) is 2.63. The fourth-order valence-electron chi connectivity index (χ4n) is 4.94. The first-order valence-electron chi connectivity index (χ1n) is 9.85. The third-order valence-corrected chi connectivity index (χ3v) is 8.25. The normalized spacial score (nSPS) is 31.7. The van der Waals surface area contributed by atoms with Gasteiger partial charge in [-0.05, 0) is 71.1 Å². The summed E-state index contributed by atoms with van der Waals surface area (Å²) < 4.78 is 37.9. The van der Waals surface area contributed by atoms with Gasteiger partial charge in [-0.3, -0.25) is 20.5 Å². The van der Waals surface area contributed by atoms with Gasteiger partial charge in [0.15, 0.2) is 11.5 Å². The van der Waals surface area contributed by atoms with Gasteiger partial charge in [-0.25, -0.2) is 13.2 Å². The van der Waals surface area contributed by atoms with Crippen LogP contribution in [0.5, 0.6) is 0 Å². The Hall–Kier alpha value is -2.53. The number of fused-ring (bicyclic) bond motifs is 1. The van der Waals surface area contributed by atoms with Gasteiger partial charge in [0, 0.05) is 27.3 Å². The second kappa shape index (κ2) is 6.74. The third kappa shape index (κ3) is 3.25. The fraction of sp³-hybridized carbons (Fsp3) is 0.526. The van der Waals surface area contributed by atoms with Crippen LogP contribution >= 0.6 is 0 Å². The zero-order valence-electron chi connectivity index (χ0n) is 16.4. The molecule has 11 heteroatoms. The zero-order valence-corrected chi connectivity index (χ0v) is 17.2. The van der Waals surface area contributed by atoms with Crippen LogP contribution in [0.2, 0.25) is 0 Å². The van der Waals surface area contributed by atoms with Crippen molar-refractivity contribution in [3.8, 4) is 0 Å². The summed E-state index contributed by atoms with van der Waals surface area (Å²) in [7, 11) is -2.47. The molecule has 5 rings (SSSR count). The molecule has 0 radical (unpaired) electrons. The summed E-state index contributed by atoms with van der Waals surface area (Å²) >= 11 is 0. The van der Waals surface area contributed by atoms with Crippen molar-refractivity contribution in [2.45, 2.75) is 49.4 Å². The summed E-state index contributed by atoms with van der Waals surface area (Å²) in [5, 5.41) is 20.6. The van der Waals surface area contributed by atoms with E-state index in [1.54, 1.807) is 6.07 Å². The van der Waals surface area contributed by atoms with Gasteiger partial charge in [-0.2, -0.15) is 0 Å². The SMILES string of the molecule is CS(=N)(=O)C1CC2(CC(Nc3nonc3C(=N[C@@H]3Cc4ccc(F)cc43)NO)C2)C1. The van der Waals surface area contributed by atoms with Gasteiger partial charge < -0.3 is 5.32 Å². The predicted molar refractivity (Wildman–Crippen MR) is 107 cm³/mol. The van der Waals surface area contributed by atoms with E-state index in [-0.39, 0.29) is 40.1 Å². The number of aromatic nitrogens is 2. The number of hydrogen-bond donors (Lipinski definition) is 4. The van der Waals surface area contributed by atoms with Crippen LogP contribution in [0, 0.1) is 16.0 Å². The topological polar surface area (TPSA) is 136 Å². The molecule has 2 atom stereocenters. The van der Waals surface area contributed by atoms with Gasteiger partial charge in [0.25, 0.3) is 0 Å². The van der Waals surface area contributed by atoms with Crippen LogP contribution in [0.15, 0.2) is 27.8 Å². The van der Waals surface area contributed by atoms with E-state index in [1.807, 2.05) is 0 Å². The molecule has 3 aliphatic rings. The first kappa shape index (κ1) is 19.4. The molecule has 0 amide bonds. The molecule has 0 bridgehead atoms. The summed E-state index contributed by atoms with van der Waals surface area (Å²) in [6.07, 6.45) is 5.63. The van der Waals surface area contributed by atoms with Crippen molar-refractivity contribution >= 4 is 21.4 Å². The zero-order chi connectivity index (χ0) is 21.1. The van der Waals surface area contributed by atoms with Gasteiger partial charge >= 0.3 is 0 Å². The number of hydroxylamine groups is 1. The van der Waals surface area contributed by atoms with E-state index in [0.717, 1.165) is 36.8 Å². The Bertz CT molecular complexity index is 1120. The van der Waals surface area contributed by atoms with Crippen molar-refractivity contribution in [2.24, 2.45) is 10.4 Å². The molecule has 1 unspecified atom stereocenters. The molecule has 2 saturated carbocycles. The average molecular weight is 434 g/mol. The van der Waals surface area contributed by atoms with Gasteiger partial charge in [0.1, 0.15) is 5.82 Å². The molecule has 1 spiro atoms. The number of rotatable bonds is 5. The molecular formula is C19H23FN6O3S. The quantitative estimate of drug-likeness (QED) is 0.323. The largest absolute Gasteiger partial charge is 0.362 e. The van der Waals surface area contributed by atoms with Crippen LogP contribution in [-0.2, 0) is 16.1 Å². The number of amidine groups is 1. The number of nitrogens with one attached hydrogen (secondary N) is 3. The molecule has 4 N–H and O–H groups in total. The maximum atomic E-state index is 13.5. The number of anilines is 1. The minimum Gasteiger partial charge on any atom is -0.362 e. The van der Waals surface area contributed by atoms with Crippen molar-refractivity contribution in [1.82, 2.24) is 15.8 Å². The summed E-state index contributed by atoms with van der Waals surface area (Å²) in [5.41, 5.74) is 4.31. The smallest absolute Gasteiger partial charge is 0.202 e. The Kier molecular flexibility index (Phi) is 4.37. The molecule has 160 valence electrons. The van der Waals surface area contributed by atoms with Gasteiger partial charge in [-0.15, -0.1) is 0 Å².